The van der Waals surface area contributed by atoms with Gasteiger partial charge >= 0.3 is 0 Å². The zero-order valence-electron chi connectivity index (χ0n) is 12.2. The molecule has 2 rings (SSSR count). The van der Waals surface area contributed by atoms with Gasteiger partial charge in [-0.3, -0.25) is 4.90 Å². The summed E-state index contributed by atoms with van der Waals surface area (Å²) in [4.78, 5) is 2.79. The number of nitrogens with zero attached hydrogens (tertiary/aromatic N) is 1. The average Bonchev–Trinajstić information content (AvgIpc) is 2.62. The van der Waals surface area contributed by atoms with Gasteiger partial charge in [-0.05, 0) is 58.0 Å². The van der Waals surface area contributed by atoms with E-state index in [-0.39, 0.29) is 0 Å². The molecule has 2 unspecified atom stereocenters. The largest absolute Gasteiger partial charge is 0.385 e. The van der Waals surface area contributed by atoms with E-state index in [1.165, 1.54) is 58.0 Å². The molecule has 3 nitrogen and oxygen atoms in total. The average molecular weight is 254 g/mol. The number of unbranched alkanes of at least 4 members (excludes halogenated alkanes) is 1. The summed E-state index contributed by atoms with van der Waals surface area (Å²) in [7, 11) is 1.80. The van der Waals surface area contributed by atoms with Crippen molar-refractivity contribution in [2.45, 2.75) is 70.0 Å². The lowest BCUT2D eigenvalue weighted by molar-refractivity contribution is 0.109. The van der Waals surface area contributed by atoms with Crippen LogP contribution in [0.5, 0.6) is 0 Å². The minimum absolute atomic E-state index is 0.790. The molecular weight excluding hydrogens is 224 g/mol. The predicted octanol–water partition coefficient (Wildman–Crippen LogP) is 2.41. The number of piperidine rings is 1. The SMILES string of the molecule is CCCNC1CC2CCC(C1)N2CCCCOC. The molecule has 2 saturated heterocycles. The fourth-order valence-corrected chi connectivity index (χ4v) is 3.70. The first-order chi connectivity index (χ1) is 8.85. The molecule has 0 amide bonds. The van der Waals surface area contributed by atoms with Crippen molar-refractivity contribution in [1.29, 1.82) is 0 Å². The lowest BCUT2D eigenvalue weighted by Gasteiger charge is -2.39. The second kappa shape index (κ2) is 7.46. The third-order valence-electron chi connectivity index (χ3n) is 4.58. The molecule has 3 heteroatoms. The van der Waals surface area contributed by atoms with Gasteiger partial charge in [-0.1, -0.05) is 6.92 Å². The summed E-state index contributed by atoms with van der Waals surface area (Å²) in [5.41, 5.74) is 0. The van der Waals surface area contributed by atoms with Crippen molar-refractivity contribution in [3.8, 4) is 0 Å². The van der Waals surface area contributed by atoms with Crippen molar-refractivity contribution >= 4 is 0 Å². The van der Waals surface area contributed by atoms with E-state index >= 15 is 0 Å². The van der Waals surface area contributed by atoms with Crippen LogP contribution in [0.2, 0.25) is 0 Å². The van der Waals surface area contributed by atoms with Crippen LogP contribution < -0.4 is 5.32 Å². The molecular formula is C15H30N2O. The first kappa shape index (κ1) is 14.3. The molecule has 2 bridgehead atoms. The molecule has 2 heterocycles. The van der Waals surface area contributed by atoms with Gasteiger partial charge in [0, 0.05) is 31.8 Å². The summed E-state index contributed by atoms with van der Waals surface area (Å²) >= 11 is 0. The molecule has 2 fully saturated rings. The molecule has 0 aliphatic carbocycles. The van der Waals surface area contributed by atoms with E-state index < -0.39 is 0 Å². The highest BCUT2D eigenvalue weighted by atomic mass is 16.5. The maximum absolute atomic E-state index is 5.13. The second-order valence-electron chi connectivity index (χ2n) is 5.95. The second-order valence-corrected chi connectivity index (χ2v) is 5.95. The van der Waals surface area contributed by atoms with E-state index in [0.29, 0.717) is 0 Å². The van der Waals surface area contributed by atoms with Gasteiger partial charge in [-0.15, -0.1) is 0 Å². The third kappa shape index (κ3) is 3.69. The first-order valence-corrected chi connectivity index (χ1v) is 7.83. The summed E-state index contributed by atoms with van der Waals surface area (Å²) in [6.45, 7) is 5.66. The van der Waals surface area contributed by atoms with Gasteiger partial charge in [0.2, 0.25) is 0 Å². The summed E-state index contributed by atoms with van der Waals surface area (Å²) in [6.07, 6.45) is 9.38. The molecule has 2 aliphatic rings. The van der Waals surface area contributed by atoms with Crippen LogP contribution in [-0.4, -0.2) is 49.8 Å². The van der Waals surface area contributed by atoms with Crippen LogP contribution in [0.1, 0.15) is 51.9 Å². The number of rotatable bonds is 8. The van der Waals surface area contributed by atoms with Crippen LogP contribution in [0.4, 0.5) is 0 Å². The molecule has 106 valence electrons. The van der Waals surface area contributed by atoms with Gasteiger partial charge in [0.25, 0.3) is 0 Å². The number of hydrogen-bond donors (Lipinski definition) is 1. The Labute approximate surface area is 112 Å². The lowest BCUT2D eigenvalue weighted by atomic mass is 9.97. The first-order valence-electron chi connectivity index (χ1n) is 7.83. The maximum Gasteiger partial charge on any atom is 0.0462 e. The summed E-state index contributed by atoms with van der Waals surface area (Å²) in [6, 6.07) is 2.51. The lowest BCUT2D eigenvalue weighted by Crippen LogP contribution is -2.49. The number of hydrogen-bond acceptors (Lipinski definition) is 3. The molecule has 0 radical (unpaired) electrons. The van der Waals surface area contributed by atoms with E-state index in [2.05, 4.69) is 17.1 Å². The number of ether oxygens (including phenoxy) is 1. The van der Waals surface area contributed by atoms with Crippen molar-refractivity contribution in [3.63, 3.8) is 0 Å². The monoisotopic (exact) mass is 254 g/mol. The maximum atomic E-state index is 5.13. The van der Waals surface area contributed by atoms with Crippen molar-refractivity contribution < 1.29 is 4.74 Å². The topological polar surface area (TPSA) is 24.5 Å². The third-order valence-corrected chi connectivity index (χ3v) is 4.58. The van der Waals surface area contributed by atoms with Crippen molar-refractivity contribution in [2.75, 3.05) is 26.8 Å². The molecule has 0 aromatic carbocycles. The Hall–Kier alpha value is -0.120. The normalized spacial score (nSPS) is 32.0. The molecule has 0 saturated carbocycles. The van der Waals surface area contributed by atoms with Gasteiger partial charge in [0.05, 0.1) is 0 Å². The van der Waals surface area contributed by atoms with Crippen LogP contribution in [0.25, 0.3) is 0 Å². The van der Waals surface area contributed by atoms with Gasteiger partial charge in [-0.25, -0.2) is 0 Å². The smallest absolute Gasteiger partial charge is 0.0462 e. The highest BCUT2D eigenvalue weighted by molar-refractivity contribution is 4.97. The Morgan fingerprint density at radius 3 is 2.50 bits per heavy atom. The van der Waals surface area contributed by atoms with E-state index in [0.717, 1.165) is 24.7 Å². The standard InChI is InChI=1S/C15H30N2O/c1-3-8-16-13-11-14-6-7-15(12-13)17(14)9-4-5-10-18-2/h13-16H,3-12H2,1-2H3. The Kier molecular flexibility index (Phi) is 5.93. The molecule has 0 aromatic rings. The van der Waals surface area contributed by atoms with Crippen molar-refractivity contribution in [3.05, 3.63) is 0 Å². The van der Waals surface area contributed by atoms with Crippen LogP contribution in [0, 0.1) is 0 Å². The van der Waals surface area contributed by atoms with E-state index in [9.17, 15) is 0 Å². The fraction of sp³-hybridized carbons (Fsp3) is 1.00. The van der Waals surface area contributed by atoms with E-state index in [1.54, 1.807) is 7.11 Å². The zero-order valence-corrected chi connectivity index (χ0v) is 12.2. The minimum atomic E-state index is 0.790. The van der Waals surface area contributed by atoms with Crippen LogP contribution in [-0.2, 0) is 4.74 Å². The van der Waals surface area contributed by atoms with Gasteiger partial charge < -0.3 is 10.1 Å². The van der Waals surface area contributed by atoms with Gasteiger partial charge in [0.1, 0.15) is 0 Å². The molecule has 0 spiro atoms. The van der Waals surface area contributed by atoms with Gasteiger partial charge in [-0.2, -0.15) is 0 Å². The molecule has 1 N–H and O–H groups in total. The molecule has 0 aromatic heterocycles. The highest BCUT2D eigenvalue weighted by Crippen LogP contribution is 2.35. The summed E-state index contributed by atoms with van der Waals surface area (Å²) in [5, 5.41) is 3.72. The van der Waals surface area contributed by atoms with Crippen molar-refractivity contribution in [1.82, 2.24) is 10.2 Å². The van der Waals surface area contributed by atoms with Crippen LogP contribution in [0.3, 0.4) is 0 Å². The summed E-state index contributed by atoms with van der Waals surface area (Å²) in [5.74, 6) is 0. The van der Waals surface area contributed by atoms with Crippen molar-refractivity contribution in [2.24, 2.45) is 0 Å². The minimum Gasteiger partial charge on any atom is -0.385 e. The quantitative estimate of drug-likeness (QED) is 0.673. The predicted molar refractivity (Wildman–Crippen MR) is 75.9 cm³/mol. The van der Waals surface area contributed by atoms with E-state index in [1.807, 2.05) is 0 Å². The fourth-order valence-electron chi connectivity index (χ4n) is 3.70. The Morgan fingerprint density at radius 1 is 1.17 bits per heavy atom. The molecule has 2 aliphatic heterocycles. The number of methoxy groups -OCH3 is 1. The van der Waals surface area contributed by atoms with Crippen LogP contribution in [0.15, 0.2) is 0 Å². The number of fused-ring (bicyclic) bond motifs is 2. The van der Waals surface area contributed by atoms with Crippen LogP contribution >= 0.6 is 0 Å². The van der Waals surface area contributed by atoms with Gasteiger partial charge in [0.15, 0.2) is 0 Å². The zero-order chi connectivity index (χ0) is 12.8. The highest BCUT2D eigenvalue weighted by Gasteiger charge is 2.39. The molecule has 2 atom stereocenters. The van der Waals surface area contributed by atoms with E-state index in [4.69, 9.17) is 4.74 Å². The Morgan fingerprint density at radius 2 is 1.89 bits per heavy atom. The molecule has 18 heavy (non-hydrogen) atoms. The Balaban J connectivity index is 1.72. The number of nitrogens with one attached hydrogen (secondary N) is 1. The summed E-state index contributed by atoms with van der Waals surface area (Å²) < 4.78 is 5.13. The Bertz CT molecular complexity index is 221.